The molecule has 0 aliphatic carbocycles. The average molecular weight is 307 g/mol. The smallest absolute Gasteiger partial charge is 0.245 e. The van der Waals surface area contributed by atoms with Gasteiger partial charge in [-0.1, -0.05) is 11.6 Å². The van der Waals surface area contributed by atoms with Crippen LogP contribution in [0.25, 0.3) is 0 Å². The fraction of sp³-hybridized carbons (Fsp3) is 0.500. The maximum atomic E-state index is 13.7. The highest BCUT2D eigenvalue weighted by Gasteiger charge is 2.33. The number of hydrogen-bond acceptors (Lipinski definition) is 3. The number of hydrogen-bond donors (Lipinski definition) is 1. The quantitative estimate of drug-likeness (QED) is 0.921. The van der Waals surface area contributed by atoms with E-state index in [1.807, 2.05) is 7.05 Å². The first-order valence-corrected chi connectivity index (χ1v) is 7.86. The summed E-state index contributed by atoms with van der Waals surface area (Å²) < 4.78 is 39.8. The van der Waals surface area contributed by atoms with E-state index in [9.17, 15) is 12.8 Å². The molecule has 1 fully saturated rings. The maximum absolute atomic E-state index is 13.7. The Morgan fingerprint density at radius 2 is 2.26 bits per heavy atom. The standard InChI is InChI=1S/C12H16ClFN2O2S/c1-15-7-9-4-5-16(8-9)19(17,18)12-3-2-10(13)6-11(12)14/h2-3,6,9,15H,4-5,7-8H2,1H3/t9-/m0/s1. The number of sulfonamides is 1. The van der Waals surface area contributed by atoms with Crippen LogP contribution < -0.4 is 5.32 Å². The van der Waals surface area contributed by atoms with E-state index in [1.165, 1.54) is 16.4 Å². The van der Waals surface area contributed by atoms with E-state index in [0.717, 1.165) is 19.0 Å². The first-order chi connectivity index (χ1) is 8.95. The van der Waals surface area contributed by atoms with Crippen LogP contribution in [0, 0.1) is 11.7 Å². The summed E-state index contributed by atoms with van der Waals surface area (Å²) in [5.74, 6) is -0.528. The summed E-state index contributed by atoms with van der Waals surface area (Å²) in [6.45, 7) is 1.61. The van der Waals surface area contributed by atoms with E-state index in [4.69, 9.17) is 11.6 Å². The second-order valence-corrected chi connectivity index (χ2v) is 6.99. The van der Waals surface area contributed by atoms with Crippen LogP contribution in [-0.2, 0) is 10.0 Å². The van der Waals surface area contributed by atoms with Gasteiger partial charge in [-0.25, -0.2) is 12.8 Å². The molecule has 106 valence electrons. The molecule has 1 heterocycles. The lowest BCUT2D eigenvalue weighted by Crippen LogP contribution is -2.31. The van der Waals surface area contributed by atoms with Crippen LogP contribution in [0.5, 0.6) is 0 Å². The Kier molecular flexibility index (Phi) is 4.45. The molecule has 1 aliphatic heterocycles. The molecular weight excluding hydrogens is 291 g/mol. The molecule has 4 nitrogen and oxygen atoms in total. The van der Waals surface area contributed by atoms with Crippen molar-refractivity contribution in [3.05, 3.63) is 29.0 Å². The first-order valence-electron chi connectivity index (χ1n) is 6.05. The van der Waals surface area contributed by atoms with E-state index in [0.29, 0.717) is 13.1 Å². The van der Waals surface area contributed by atoms with Gasteiger partial charge in [0, 0.05) is 18.1 Å². The molecule has 0 bridgehead atoms. The summed E-state index contributed by atoms with van der Waals surface area (Å²) in [5, 5.41) is 3.21. The van der Waals surface area contributed by atoms with Crippen molar-refractivity contribution in [1.82, 2.24) is 9.62 Å². The van der Waals surface area contributed by atoms with Gasteiger partial charge in [-0.05, 0) is 44.1 Å². The third-order valence-corrected chi connectivity index (χ3v) is 5.39. The Labute approximate surface area is 117 Å². The Morgan fingerprint density at radius 1 is 1.53 bits per heavy atom. The molecule has 0 saturated carbocycles. The van der Waals surface area contributed by atoms with Gasteiger partial charge in [0.05, 0.1) is 0 Å². The summed E-state index contributed by atoms with van der Waals surface area (Å²) in [6, 6.07) is 3.63. The van der Waals surface area contributed by atoms with Crippen LogP contribution in [0.3, 0.4) is 0 Å². The zero-order valence-electron chi connectivity index (χ0n) is 10.6. The lowest BCUT2D eigenvalue weighted by atomic mass is 10.1. The Hall–Kier alpha value is -0.690. The second kappa shape index (κ2) is 5.75. The predicted octanol–water partition coefficient (Wildman–Crippen LogP) is 1.71. The Bertz CT molecular complexity index is 565. The van der Waals surface area contributed by atoms with Gasteiger partial charge in [0.15, 0.2) is 0 Å². The molecule has 1 atom stereocenters. The van der Waals surface area contributed by atoms with Crippen molar-refractivity contribution in [2.45, 2.75) is 11.3 Å². The summed E-state index contributed by atoms with van der Waals surface area (Å²) >= 11 is 5.63. The third-order valence-electron chi connectivity index (χ3n) is 3.25. The van der Waals surface area contributed by atoms with Gasteiger partial charge in [0.25, 0.3) is 0 Å². The van der Waals surface area contributed by atoms with Crippen LogP contribution in [0.4, 0.5) is 4.39 Å². The van der Waals surface area contributed by atoms with Crippen molar-refractivity contribution in [3.63, 3.8) is 0 Å². The van der Waals surface area contributed by atoms with Crippen molar-refractivity contribution < 1.29 is 12.8 Å². The molecule has 19 heavy (non-hydrogen) atoms. The highest BCUT2D eigenvalue weighted by Crippen LogP contribution is 2.26. The number of halogens is 2. The minimum atomic E-state index is -3.77. The molecule has 0 amide bonds. The zero-order chi connectivity index (χ0) is 14.0. The monoisotopic (exact) mass is 306 g/mol. The molecule has 0 unspecified atom stereocenters. The molecule has 0 spiro atoms. The normalized spacial score (nSPS) is 20.9. The van der Waals surface area contributed by atoms with Crippen molar-refractivity contribution in [2.75, 3.05) is 26.7 Å². The first kappa shape index (κ1) is 14.7. The van der Waals surface area contributed by atoms with Crippen molar-refractivity contribution >= 4 is 21.6 Å². The molecule has 0 aromatic heterocycles. The van der Waals surface area contributed by atoms with Gasteiger partial charge in [0.1, 0.15) is 10.7 Å². The van der Waals surface area contributed by atoms with Crippen molar-refractivity contribution in [2.24, 2.45) is 5.92 Å². The summed E-state index contributed by atoms with van der Waals surface area (Å²) in [7, 11) is -1.94. The number of nitrogens with one attached hydrogen (secondary N) is 1. The maximum Gasteiger partial charge on any atom is 0.245 e. The van der Waals surface area contributed by atoms with Gasteiger partial charge < -0.3 is 5.32 Å². The van der Waals surface area contributed by atoms with Crippen LogP contribution in [0.1, 0.15) is 6.42 Å². The lowest BCUT2D eigenvalue weighted by molar-refractivity contribution is 0.446. The topological polar surface area (TPSA) is 49.4 Å². The third kappa shape index (κ3) is 3.08. The van der Waals surface area contributed by atoms with E-state index in [2.05, 4.69) is 5.32 Å². The molecule has 1 saturated heterocycles. The second-order valence-electron chi connectivity index (χ2n) is 4.65. The van der Waals surface area contributed by atoms with Crippen LogP contribution in [0.15, 0.2) is 23.1 Å². The van der Waals surface area contributed by atoms with E-state index >= 15 is 0 Å². The molecule has 0 radical (unpaired) electrons. The number of rotatable bonds is 4. The van der Waals surface area contributed by atoms with E-state index in [-0.39, 0.29) is 15.8 Å². The van der Waals surface area contributed by atoms with Crippen molar-refractivity contribution in [3.8, 4) is 0 Å². The molecule has 7 heteroatoms. The SMILES string of the molecule is CNC[C@@H]1CCN(S(=O)(=O)c2ccc(Cl)cc2F)C1. The minimum Gasteiger partial charge on any atom is -0.319 e. The molecule has 2 rings (SSSR count). The summed E-state index contributed by atoms with van der Waals surface area (Å²) in [5.41, 5.74) is 0. The number of nitrogens with zero attached hydrogens (tertiary/aromatic N) is 1. The molecule has 1 aromatic carbocycles. The van der Waals surface area contributed by atoms with Gasteiger partial charge in [-0.3, -0.25) is 0 Å². The van der Waals surface area contributed by atoms with Gasteiger partial charge in [-0.15, -0.1) is 0 Å². The van der Waals surface area contributed by atoms with E-state index in [1.54, 1.807) is 0 Å². The number of benzene rings is 1. The molecule has 1 aromatic rings. The van der Waals surface area contributed by atoms with Crippen molar-refractivity contribution in [1.29, 1.82) is 0 Å². The van der Waals surface area contributed by atoms with Gasteiger partial charge in [0.2, 0.25) is 10.0 Å². The van der Waals surface area contributed by atoms with Crippen LogP contribution in [-0.4, -0.2) is 39.4 Å². The molecule has 1 N–H and O–H groups in total. The Morgan fingerprint density at radius 3 is 2.89 bits per heavy atom. The lowest BCUT2D eigenvalue weighted by Gasteiger charge is -2.17. The van der Waals surface area contributed by atoms with Crippen LogP contribution >= 0.6 is 11.6 Å². The van der Waals surface area contributed by atoms with Crippen LogP contribution in [0.2, 0.25) is 5.02 Å². The molecular formula is C12H16ClFN2O2S. The highest BCUT2D eigenvalue weighted by atomic mass is 35.5. The minimum absolute atomic E-state index is 0.186. The van der Waals surface area contributed by atoms with Gasteiger partial charge >= 0.3 is 0 Å². The van der Waals surface area contributed by atoms with Gasteiger partial charge in [-0.2, -0.15) is 4.31 Å². The summed E-state index contributed by atoms with van der Waals surface area (Å²) in [6.07, 6.45) is 0.787. The zero-order valence-corrected chi connectivity index (χ0v) is 12.1. The highest BCUT2D eigenvalue weighted by molar-refractivity contribution is 7.89. The Balaban J connectivity index is 2.23. The fourth-order valence-corrected chi connectivity index (χ4v) is 4.03. The predicted molar refractivity (Wildman–Crippen MR) is 72.2 cm³/mol. The van der Waals surface area contributed by atoms with E-state index < -0.39 is 15.8 Å². The molecule has 1 aliphatic rings. The summed E-state index contributed by atoms with van der Waals surface area (Å²) in [4.78, 5) is -0.304. The largest absolute Gasteiger partial charge is 0.319 e. The average Bonchev–Trinajstić information content (AvgIpc) is 2.78. The fourth-order valence-electron chi connectivity index (χ4n) is 2.29.